The van der Waals surface area contributed by atoms with Crippen molar-refractivity contribution >= 4 is 22.9 Å². The summed E-state index contributed by atoms with van der Waals surface area (Å²) in [4.78, 5) is 29.9. The van der Waals surface area contributed by atoms with Crippen molar-refractivity contribution in [3.05, 3.63) is 42.7 Å². The number of piperidine rings is 1. The topological polar surface area (TPSA) is 83.5 Å². The minimum Gasteiger partial charge on any atom is -0.478 e. The Bertz CT molecular complexity index is 1110. The Kier molecular flexibility index (Phi) is 7.90. The summed E-state index contributed by atoms with van der Waals surface area (Å²) in [6.45, 7) is 7.99. The highest BCUT2D eigenvalue weighted by atomic mass is 16.5. The molecule has 0 aliphatic carbocycles. The largest absolute Gasteiger partial charge is 0.478 e. The molecule has 34 heavy (non-hydrogen) atoms. The van der Waals surface area contributed by atoms with Gasteiger partial charge >= 0.3 is 6.03 Å². The number of carbonyl (C=O) groups excluding carboxylic acids is 1. The third-order valence-electron chi connectivity index (χ3n) is 5.98. The number of hydrogen-bond acceptors (Lipinski definition) is 6. The fourth-order valence-electron chi connectivity index (χ4n) is 4.11. The van der Waals surface area contributed by atoms with E-state index in [1.807, 2.05) is 44.2 Å². The predicted molar refractivity (Wildman–Crippen MR) is 135 cm³/mol. The van der Waals surface area contributed by atoms with Gasteiger partial charge in [0.1, 0.15) is 0 Å². The maximum atomic E-state index is 12.3. The summed E-state index contributed by atoms with van der Waals surface area (Å²) >= 11 is 0. The van der Waals surface area contributed by atoms with E-state index < -0.39 is 0 Å². The van der Waals surface area contributed by atoms with Gasteiger partial charge in [0, 0.05) is 31.9 Å². The number of amides is 2. The van der Waals surface area contributed by atoms with Crippen LogP contribution in [0.15, 0.2) is 42.7 Å². The molecule has 8 heteroatoms. The monoisotopic (exact) mass is 462 g/mol. The molecule has 2 aromatic heterocycles. The van der Waals surface area contributed by atoms with Gasteiger partial charge in [-0.05, 0) is 75.5 Å². The molecule has 1 fully saturated rings. The maximum absolute atomic E-state index is 12.3. The average molecular weight is 463 g/mol. The number of carbonyl (C=O) groups is 1. The van der Waals surface area contributed by atoms with Crippen molar-refractivity contribution in [1.82, 2.24) is 25.2 Å². The second kappa shape index (κ2) is 11.2. The first-order valence-electron chi connectivity index (χ1n) is 12.1. The van der Waals surface area contributed by atoms with E-state index in [0.717, 1.165) is 35.1 Å². The van der Waals surface area contributed by atoms with Crippen LogP contribution in [0.2, 0.25) is 0 Å². The second-order valence-corrected chi connectivity index (χ2v) is 9.08. The second-order valence-electron chi connectivity index (χ2n) is 9.08. The molecule has 0 bridgehead atoms. The quantitative estimate of drug-likeness (QED) is 0.496. The van der Waals surface area contributed by atoms with Gasteiger partial charge in [0.25, 0.3) is 0 Å². The van der Waals surface area contributed by atoms with E-state index in [4.69, 9.17) is 4.74 Å². The normalized spacial score (nSPS) is 14.4. The van der Waals surface area contributed by atoms with Crippen LogP contribution in [0.3, 0.4) is 0 Å². The van der Waals surface area contributed by atoms with Crippen LogP contribution < -0.4 is 15.0 Å². The van der Waals surface area contributed by atoms with Gasteiger partial charge in [-0.3, -0.25) is 9.88 Å². The Morgan fingerprint density at radius 1 is 1.09 bits per heavy atom. The lowest BCUT2D eigenvalue weighted by Gasteiger charge is -2.26. The van der Waals surface area contributed by atoms with E-state index in [1.54, 1.807) is 19.4 Å². The molecule has 0 atom stereocenters. The fourth-order valence-corrected chi connectivity index (χ4v) is 4.11. The first-order valence-corrected chi connectivity index (χ1v) is 12.1. The summed E-state index contributed by atoms with van der Waals surface area (Å²) in [7, 11) is 1.69. The van der Waals surface area contributed by atoms with Crippen LogP contribution in [0.25, 0.3) is 22.2 Å². The Hall–Kier alpha value is -3.26. The number of likely N-dealkylation sites (tertiary alicyclic amines) is 1. The lowest BCUT2D eigenvalue weighted by molar-refractivity contribution is 0.203. The van der Waals surface area contributed by atoms with Crippen LogP contribution in [0.1, 0.15) is 39.5 Å². The number of hydrogen-bond donors (Lipinski definition) is 1. The molecule has 3 aromatic rings. The number of rotatable bonds is 8. The standard InChI is InChI=1S/C26H34N6O2/c1-19(2)29-26(33)31(3)24-18-28-22-9-8-20(16-23(22)30-24)21-10-11-27-25(17-21)34-15-7-14-32-12-5-4-6-13-32/h8-11,16-19H,4-7,12-15H2,1-3H3,(H,29,33). The highest BCUT2D eigenvalue weighted by Crippen LogP contribution is 2.26. The molecular formula is C26H34N6O2. The van der Waals surface area contributed by atoms with Crippen molar-refractivity contribution in [2.24, 2.45) is 0 Å². The fraction of sp³-hybridized carbons (Fsp3) is 0.462. The summed E-state index contributed by atoms with van der Waals surface area (Å²) in [5.74, 6) is 1.12. The minimum atomic E-state index is -0.212. The number of nitrogens with zero attached hydrogens (tertiary/aromatic N) is 5. The summed E-state index contributed by atoms with van der Waals surface area (Å²) in [5, 5.41) is 2.87. The molecule has 3 heterocycles. The van der Waals surface area contributed by atoms with Gasteiger partial charge in [0.15, 0.2) is 5.82 Å². The molecule has 2 amide bonds. The van der Waals surface area contributed by atoms with Gasteiger partial charge in [-0.15, -0.1) is 0 Å². The van der Waals surface area contributed by atoms with Crippen LogP contribution in [0.5, 0.6) is 5.88 Å². The molecule has 1 saturated heterocycles. The molecule has 0 spiro atoms. The summed E-state index contributed by atoms with van der Waals surface area (Å²) in [5.41, 5.74) is 3.49. The van der Waals surface area contributed by atoms with E-state index in [1.165, 1.54) is 37.3 Å². The zero-order valence-corrected chi connectivity index (χ0v) is 20.3. The van der Waals surface area contributed by atoms with Crippen molar-refractivity contribution in [3.8, 4) is 17.0 Å². The SMILES string of the molecule is CC(C)NC(=O)N(C)c1cnc2ccc(-c3ccnc(OCCCN4CCCCC4)c3)cc2n1. The maximum Gasteiger partial charge on any atom is 0.323 e. The molecule has 0 saturated carbocycles. The average Bonchev–Trinajstić information content (AvgIpc) is 2.86. The van der Waals surface area contributed by atoms with Crippen molar-refractivity contribution in [2.45, 2.75) is 45.6 Å². The number of fused-ring (bicyclic) bond motifs is 1. The van der Waals surface area contributed by atoms with Gasteiger partial charge in [-0.25, -0.2) is 14.8 Å². The van der Waals surface area contributed by atoms with Crippen LogP contribution in [-0.2, 0) is 0 Å². The zero-order chi connectivity index (χ0) is 23.9. The molecule has 4 rings (SSSR count). The van der Waals surface area contributed by atoms with Crippen LogP contribution in [0.4, 0.5) is 10.6 Å². The summed E-state index contributed by atoms with van der Waals surface area (Å²) in [6.07, 6.45) is 8.36. The number of urea groups is 1. The first kappa shape index (κ1) is 23.9. The van der Waals surface area contributed by atoms with Gasteiger partial charge in [0.05, 0.1) is 23.8 Å². The minimum absolute atomic E-state index is 0.0443. The molecule has 1 aliphatic rings. The summed E-state index contributed by atoms with van der Waals surface area (Å²) < 4.78 is 5.94. The van der Waals surface area contributed by atoms with E-state index in [-0.39, 0.29) is 12.1 Å². The van der Waals surface area contributed by atoms with Crippen LogP contribution in [-0.4, -0.2) is 65.2 Å². The molecule has 180 valence electrons. The van der Waals surface area contributed by atoms with Crippen molar-refractivity contribution in [3.63, 3.8) is 0 Å². The number of anilines is 1. The number of aromatic nitrogens is 3. The molecule has 1 aromatic carbocycles. The molecule has 1 N–H and O–H groups in total. The van der Waals surface area contributed by atoms with Crippen molar-refractivity contribution < 1.29 is 9.53 Å². The van der Waals surface area contributed by atoms with E-state index in [0.29, 0.717) is 18.3 Å². The van der Waals surface area contributed by atoms with Gasteiger partial charge in [-0.1, -0.05) is 12.5 Å². The number of nitrogens with one attached hydrogen (secondary N) is 1. The molecule has 1 aliphatic heterocycles. The van der Waals surface area contributed by atoms with E-state index in [2.05, 4.69) is 25.2 Å². The van der Waals surface area contributed by atoms with Gasteiger partial charge in [0.2, 0.25) is 5.88 Å². The number of pyridine rings is 1. The van der Waals surface area contributed by atoms with Crippen molar-refractivity contribution in [1.29, 1.82) is 0 Å². The molecule has 0 radical (unpaired) electrons. The molecular weight excluding hydrogens is 428 g/mol. The third kappa shape index (κ3) is 6.20. The zero-order valence-electron chi connectivity index (χ0n) is 20.3. The highest BCUT2D eigenvalue weighted by molar-refractivity contribution is 5.91. The molecule has 8 nitrogen and oxygen atoms in total. The molecule has 0 unspecified atom stereocenters. The third-order valence-corrected chi connectivity index (χ3v) is 5.98. The van der Waals surface area contributed by atoms with E-state index >= 15 is 0 Å². The van der Waals surface area contributed by atoms with Crippen molar-refractivity contribution in [2.75, 3.05) is 38.2 Å². The number of ether oxygens (including phenoxy) is 1. The summed E-state index contributed by atoms with van der Waals surface area (Å²) in [6, 6.07) is 9.69. The smallest absolute Gasteiger partial charge is 0.323 e. The van der Waals surface area contributed by atoms with Gasteiger partial charge in [-0.2, -0.15) is 0 Å². The number of benzene rings is 1. The first-order chi connectivity index (χ1) is 16.5. The Morgan fingerprint density at radius 3 is 2.68 bits per heavy atom. The highest BCUT2D eigenvalue weighted by Gasteiger charge is 2.14. The lowest BCUT2D eigenvalue weighted by atomic mass is 10.1. The predicted octanol–water partition coefficient (Wildman–Crippen LogP) is 4.50. The van der Waals surface area contributed by atoms with Gasteiger partial charge < -0.3 is 15.0 Å². The van der Waals surface area contributed by atoms with Crippen LogP contribution >= 0.6 is 0 Å². The van der Waals surface area contributed by atoms with E-state index in [9.17, 15) is 4.79 Å². The Balaban J connectivity index is 1.43. The van der Waals surface area contributed by atoms with Crippen LogP contribution in [0, 0.1) is 0 Å². The Labute approximate surface area is 201 Å². The Morgan fingerprint density at radius 2 is 1.88 bits per heavy atom. The lowest BCUT2D eigenvalue weighted by Crippen LogP contribution is -2.41.